The van der Waals surface area contributed by atoms with Gasteiger partial charge in [0.2, 0.25) is 0 Å². The van der Waals surface area contributed by atoms with E-state index in [2.05, 4.69) is 0 Å². The molecule has 2 N–H and O–H groups in total. The molecule has 0 amide bonds. The second kappa shape index (κ2) is 6.12. The summed E-state index contributed by atoms with van der Waals surface area (Å²) in [5.41, 5.74) is -1.34. The molecule has 12 heteroatoms. The van der Waals surface area contributed by atoms with Gasteiger partial charge < -0.3 is 14.7 Å². The first kappa shape index (κ1) is 19.4. The summed E-state index contributed by atoms with van der Waals surface area (Å²) in [5.74, 6) is -0.811. The normalized spacial score (nSPS) is 16.0. The quantitative estimate of drug-likeness (QED) is 0.247. The lowest BCUT2D eigenvalue weighted by Gasteiger charge is -2.24. The van der Waals surface area contributed by atoms with Crippen molar-refractivity contribution in [1.29, 1.82) is 0 Å². The molecule has 0 spiro atoms. The maximum Gasteiger partial charge on any atom is 0.298 e. The largest absolute Gasteiger partial charge is 0.623 e. The Bertz CT molecular complexity index is 941. The predicted octanol–water partition coefficient (Wildman–Crippen LogP) is 0.679. The molecule has 10 nitrogen and oxygen atoms in total. The van der Waals surface area contributed by atoms with Crippen LogP contribution in [0.15, 0.2) is 15.9 Å². The van der Waals surface area contributed by atoms with Gasteiger partial charge in [0.15, 0.2) is 23.3 Å². The third-order valence-electron chi connectivity index (χ3n) is 3.24. The Labute approximate surface area is 144 Å². The van der Waals surface area contributed by atoms with Crippen molar-refractivity contribution in [3.63, 3.8) is 0 Å². The SMILES string of the molecule is CC(C)(C)[N+]([O-])=Cc1c(S(=O)(=O)O)cc(S(=O)(=O)O)c2c1OCCO2. The minimum Gasteiger partial charge on any atom is -0.623 e. The van der Waals surface area contributed by atoms with Crippen molar-refractivity contribution in [3.05, 3.63) is 16.8 Å². The molecule has 0 aromatic heterocycles. The standard InChI is InChI=1S/C13H17NO9S2/c1-13(2,3)14(15)7-8-9(24(16,17)18)6-10(25(19,20)21)12-11(8)22-4-5-23-12/h6-7H,4-5H2,1-3H3,(H,16,17,18)(H,19,20,21). The maximum atomic E-state index is 12.2. The Kier molecular flexibility index (Phi) is 4.76. The van der Waals surface area contributed by atoms with Crippen LogP contribution in [0.4, 0.5) is 0 Å². The average Bonchev–Trinajstić information content (AvgIpc) is 2.43. The van der Waals surface area contributed by atoms with Gasteiger partial charge in [0, 0.05) is 20.8 Å². The predicted molar refractivity (Wildman–Crippen MR) is 85.6 cm³/mol. The average molecular weight is 395 g/mol. The van der Waals surface area contributed by atoms with Crippen LogP contribution < -0.4 is 9.47 Å². The van der Waals surface area contributed by atoms with Crippen molar-refractivity contribution in [3.8, 4) is 11.5 Å². The van der Waals surface area contributed by atoms with Crippen LogP contribution in [0.2, 0.25) is 0 Å². The Morgan fingerprint density at radius 2 is 1.52 bits per heavy atom. The van der Waals surface area contributed by atoms with E-state index < -0.39 is 41.3 Å². The molecule has 0 fully saturated rings. The highest BCUT2D eigenvalue weighted by Gasteiger charge is 2.34. The highest BCUT2D eigenvalue weighted by Crippen LogP contribution is 2.42. The summed E-state index contributed by atoms with van der Waals surface area (Å²) in [7, 11) is -9.84. The smallest absolute Gasteiger partial charge is 0.298 e. The van der Waals surface area contributed by atoms with Crippen LogP contribution in [0.25, 0.3) is 0 Å². The van der Waals surface area contributed by atoms with E-state index in [4.69, 9.17) is 9.47 Å². The minimum atomic E-state index is -4.95. The molecular formula is C13H17NO9S2. The van der Waals surface area contributed by atoms with Crippen molar-refractivity contribution in [2.75, 3.05) is 13.2 Å². The van der Waals surface area contributed by atoms with Gasteiger partial charge in [0.05, 0.1) is 0 Å². The number of ether oxygens (including phenoxy) is 2. The molecular weight excluding hydrogens is 378 g/mol. The highest BCUT2D eigenvalue weighted by atomic mass is 32.2. The first-order chi connectivity index (χ1) is 11.2. The van der Waals surface area contributed by atoms with Gasteiger partial charge in [-0.25, -0.2) is 4.74 Å². The molecule has 0 unspecified atom stereocenters. The molecule has 1 aromatic rings. The van der Waals surface area contributed by atoms with Gasteiger partial charge >= 0.3 is 0 Å². The Hall–Kier alpha value is -1.89. The summed E-state index contributed by atoms with van der Waals surface area (Å²) in [4.78, 5) is -1.80. The lowest BCUT2D eigenvalue weighted by atomic mass is 10.1. The lowest BCUT2D eigenvalue weighted by Crippen LogP contribution is -2.30. The van der Waals surface area contributed by atoms with Gasteiger partial charge in [-0.15, -0.1) is 0 Å². The van der Waals surface area contributed by atoms with Crippen molar-refractivity contribution in [1.82, 2.24) is 0 Å². The summed E-state index contributed by atoms with van der Waals surface area (Å²) in [5, 5.41) is 12.2. The molecule has 0 bridgehead atoms. The van der Waals surface area contributed by atoms with Gasteiger partial charge in [0.25, 0.3) is 20.2 Å². The monoisotopic (exact) mass is 395 g/mol. The van der Waals surface area contributed by atoms with Crippen LogP contribution in [0, 0.1) is 5.21 Å². The third-order valence-corrected chi connectivity index (χ3v) is 4.99. The van der Waals surface area contributed by atoms with Crippen LogP contribution in [0.1, 0.15) is 26.3 Å². The number of benzene rings is 1. The van der Waals surface area contributed by atoms with Gasteiger partial charge in [-0.05, 0) is 6.07 Å². The Balaban J connectivity index is 2.96. The van der Waals surface area contributed by atoms with Crippen molar-refractivity contribution >= 4 is 26.5 Å². The van der Waals surface area contributed by atoms with Crippen LogP contribution in [0.5, 0.6) is 11.5 Å². The Morgan fingerprint density at radius 3 is 1.96 bits per heavy atom. The lowest BCUT2D eigenvalue weighted by molar-refractivity contribution is -0.530. The molecule has 1 aliphatic rings. The molecule has 0 saturated heterocycles. The van der Waals surface area contributed by atoms with Crippen LogP contribution >= 0.6 is 0 Å². The van der Waals surface area contributed by atoms with Gasteiger partial charge in [0.1, 0.15) is 28.6 Å². The molecule has 0 aliphatic carbocycles. The van der Waals surface area contributed by atoms with Crippen LogP contribution in [0.3, 0.4) is 0 Å². The summed E-state index contributed by atoms with van der Waals surface area (Å²) in [6.45, 7) is 4.56. The van der Waals surface area contributed by atoms with E-state index >= 15 is 0 Å². The molecule has 1 aliphatic heterocycles. The van der Waals surface area contributed by atoms with E-state index in [0.29, 0.717) is 10.8 Å². The zero-order valence-electron chi connectivity index (χ0n) is 13.6. The molecule has 1 heterocycles. The van der Waals surface area contributed by atoms with Crippen LogP contribution in [-0.2, 0) is 20.2 Å². The fraction of sp³-hybridized carbons (Fsp3) is 0.462. The number of hydrogen-bond acceptors (Lipinski definition) is 7. The van der Waals surface area contributed by atoms with Crippen molar-refractivity contribution in [2.24, 2.45) is 0 Å². The molecule has 2 rings (SSSR count). The van der Waals surface area contributed by atoms with E-state index in [0.717, 1.165) is 6.21 Å². The summed E-state index contributed by atoms with van der Waals surface area (Å²) in [6.07, 6.45) is 0.852. The van der Waals surface area contributed by atoms with E-state index in [1.807, 2.05) is 0 Å². The number of rotatable bonds is 3. The van der Waals surface area contributed by atoms with E-state index in [1.54, 1.807) is 20.8 Å². The second-order valence-electron chi connectivity index (χ2n) is 6.22. The van der Waals surface area contributed by atoms with Gasteiger partial charge in [-0.2, -0.15) is 16.8 Å². The fourth-order valence-corrected chi connectivity index (χ4v) is 3.43. The minimum absolute atomic E-state index is 0.0535. The number of nitrogens with zero attached hydrogens (tertiary/aromatic N) is 1. The maximum absolute atomic E-state index is 12.2. The zero-order chi connectivity index (χ0) is 19.2. The summed E-state index contributed by atoms with van der Waals surface area (Å²) in [6, 6.07) is 0.514. The third kappa shape index (κ3) is 4.03. The van der Waals surface area contributed by atoms with E-state index in [1.165, 1.54) is 0 Å². The molecule has 0 radical (unpaired) electrons. The topological polar surface area (TPSA) is 153 Å². The zero-order valence-corrected chi connectivity index (χ0v) is 15.2. The van der Waals surface area contributed by atoms with E-state index in [9.17, 15) is 31.1 Å². The number of fused-ring (bicyclic) bond motifs is 1. The molecule has 140 valence electrons. The van der Waals surface area contributed by atoms with Crippen LogP contribution in [-0.4, -0.2) is 55.6 Å². The second-order valence-corrected chi connectivity index (χ2v) is 9.00. The van der Waals surface area contributed by atoms with Crippen molar-refractivity contribution in [2.45, 2.75) is 36.1 Å². The molecule has 0 atom stereocenters. The Morgan fingerprint density at radius 1 is 1.04 bits per heavy atom. The highest BCUT2D eigenvalue weighted by molar-refractivity contribution is 7.86. The van der Waals surface area contributed by atoms with Crippen molar-refractivity contribution < 1.29 is 40.2 Å². The number of hydrogen-bond donors (Lipinski definition) is 2. The molecule has 0 saturated carbocycles. The number of hydroxylamine groups is 1. The van der Waals surface area contributed by atoms with Gasteiger partial charge in [-0.1, -0.05) is 0 Å². The first-order valence-corrected chi connectivity index (χ1v) is 9.84. The molecule has 25 heavy (non-hydrogen) atoms. The van der Waals surface area contributed by atoms with E-state index in [-0.39, 0.29) is 24.5 Å². The first-order valence-electron chi connectivity index (χ1n) is 6.96. The summed E-state index contributed by atoms with van der Waals surface area (Å²) >= 11 is 0. The summed E-state index contributed by atoms with van der Waals surface area (Å²) < 4.78 is 76.1. The molecule has 1 aromatic carbocycles. The fourth-order valence-electron chi connectivity index (χ4n) is 2.01. The van der Waals surface area contributed by atoms with Gasteiger partial charge in [-0.3, -0.25) is 9.11 Å².